The van der Waals surface area contributed by atoms with Crippen LogP contribution in [0.2, 0.25) is 5.15 Å². The topological polar surface area (TPSA) is 25.8 Å². The first-order chi connectivity index (χ1) is 8.64. The lowest BCUT2D eigenvalue weighted by atomic mass is 10.2. The second-order valence-corrected chi connectivity index (χ2v) is 3.90. The molecular weight excluding hydrogens is 298 g/mol. The number of benzene rings is 1. The van der Waals surface area contributed by atoms with Gasteiger partial charge >= 0.3 is 12.1 Å². The van der Waals surface area contributed by atoms with E-state index in [1.54, 1.807) is 0 Å². The van der Waals surface area contributed by atoms with Crippen molar-refractivity contribution in [1.29, 1.82) is 0 Å². The minimum atomic E-state index is -5.89. The van der Waals surface area contributed by atoms with Gasteiger partial charge in [-0.2, -0.15) is 22.0 Å². The van der Waals surface area contributed by atoms with Crippen molar-refractivity contribution in [2.24, 2.45) is 0 Å². The maximum Gasteiger partial charge on any atom is 0.461 e. The highest BCUT2D eigenvalue weighted by Gasteiger charge is 2.61. The van der Waals surface area contributed by atoms with E-state index in [0.717, 1.165) is 6.07 Å². The number of alkyl halides is 5. The molecule has 0 fully saturated rings. The lowest BCUT2D eigenvalue weighted by Crippen LogP contribution is -2.35. The van der Waals surface area contributed by atoms with E-state index in [0.29, 0.717) is 0 Å². The highest BCUT2D eigenvalue weighted by Crippen LogP contribution is 2.43. The minimum Gasteiger partial charge on any atom is -0.223 e. The molecule has 1 aromatic heterocycles. The van der Waals surface area contributed by atoms with E-state index in [1.165, 1.54) is 12.1 Å². The second-order valence-electron chi connectivity index (χ2n) is 3.55. The number of aromatic nitrogens is 2. The average Bonchev–Trinajstić information content (AvgIpc) is 2.28. The lowest BCUT2D eigenvalue weighted by Gasteiger charge is -2.18. The van der Waals surface area contributed by atoms with Crippen molar-refractivity contribution in [3.63, 3.8) is 0 Å². The molecule has 1 aromatic carbocycles. The molecule has 0 N–H and O–H groups in total. The van der Waals surface area contributed by atoms with Gasteiger partial charge in [0, 0.05) is 5.39 Å². The first kappa shape index (κ1) is 13.9. The smallest absolute Gasteiger partial charge is 0.223 e. The third-order valence-corrected chi connectivity index (χ3v) is 2.56. The lowest BCUT2D eigenvalue weighted by molar-refractivity contribution is -0.292. The third kappa shape index (κ3) is 2.20. The van der Waals surface area contributed by atoms with Crippen LogP contribution in [0, 0.1) is 5.82 Å². The van der Waals surface area contributed by atoms with Crippen LogP contribution in [0.1, 0.15) is 5.82 Å². The number of rotatable bonds is 1. The maximum atomic E-state index is 13.4. The molecule has 0 atom stereocenters. The Morgan fingerprint density at radius 3 is 2.21 bits per heavy atom. The van der Waals surface area contributed by atoms with Crippen LogP contribution in [-0.4, -0.2) is 16.1 Å². The quantitative estimate of drug-likeness (QED) is 0.586. The molecule has 0 aliphatic heterocycles. The van der Waals surface area contributed by atoms with Crippen LogP contribution >= 0.6 is 11.6 Å². The Morgan fingerprint density at radius 1 is 1.00 bits per heavy atom. The van der Waals surface area contributed by atoms with Crippen molar-refractivity contribution < 1.29 is 26.3 Å². The summed E-state index contributed by atoms with van der Waals surface area (Å²) in [5, 5.41) is -0.827. The van der Waals surface area contributed by atoms with Gasteiger partial charge in [-0.05, 0) is 12.1 Å². The molecule has 0 aliphatic carbocycles. The molecule has 0 saturated heterocycles. The highest BCUT2D eigenvalue weighted by molar-refractivity contribution is 6.34. The molecule has 0 spiro atoms. The zero-order valence-corrected chi connectivity index (χ0v) is 9.53. The first-order valence-electron chi connectivity index (χ1n) is 4.71. The van der Waals surface area contributed by atoms with Crippen LogP contribution < -0.4 is 0 Å². The van der Waals surface area contributed by atoms with E-state index < -0.39 is 34.4 Å². The minimum absolute atomic E-state index is 0.150. The summed E-state index contributed by atoms with van der Waals surface area (Å²) in [4.78, 5) is 5.83. The van der Waals surface area contributed by atoms with E-state index in [-0.39, 0.29) is 5.39 Å². The second kappa shape index (κ2) is 4.22. The molecule has 2 aromatic rings. The van der Waals surface area contributed by atoms with Gasteiger partial charge in [-0.15, -0.1) is 0 Å². The van der Waals surface area contributed by atoms with Crippen molar-refractivity contribution in [2.75, 3.05) is 0 Å². The van der Waals surface area contributed by atoms with Gasteiger partial charge in [-0.25, -0.2) is 14.4 Å². The van der Waals surface area contributed by atoms with Crippen LogP contribution in [0.15, 0.2) is 18.2 Å². The van der Waals surface area contributed by atoms with Crippen LogP contribution in [-0.2, 0) is 5.92 Å². The predicted molar refractivity (Wildman–Crippen MR) is 54.5 cm³/mol. The molecule has 0 aliphatic rings. The third-order valence-electron chi connectivity index (χ3n) is 2.27. The van der Waals surface area contributed by atoms with E-state index >= 15 is 0 Å². The van der Waals surface area contributed by atoms with Gasteiger partial charge in [0.05, 0.1) is 0 Å². The Labute approximate surface area is 107 Å². The summed E-state index contributed by atoms with van der Waals surface area (Å²) in [7, 11) is 0. The molecule has 1 heterocycles. The Kier molecular flexibility index (Phi) is 3.08. The summed E-state index contributed by atoms with van der Waals surface area (Å²) in [6.45, 7) is 0. The van der Waals surface area contributed by atoms with E-state index in [9.17, 15) is 26.3 Å². The van der Waals surface area contributed by atoms with Gasteiger partial charge in [0.15, 0.2) is 0 Å². The highest BCUT2D eigenvalue weighted by atomic mass is 35.5. The van der Waals surface area contributed by atoms with Gasteiger partial charge in [0.2, 0.25) is 5.82 Å². The van der Waals surface area contributed by atoms with Crippen LogP contribution in [0.3, 0.4) is 0 Å². The zero-order valence-electron chi connectivity index (χ0n) is 8.77. The number of fused-ring (bicyclic) bond motifs is 1. The molecule has 0 amide bonds. The molecule has 0 radical (unpaired) electrons. The first-order valence-corrected chi connectivity index (χ1v) is 5.09. The summed E-state index contributed by atoms with van der Waals surface area (Å²) < 4.78 is 76.1. The largest absolute Gasteiger partial charge is 0.461 e. The monoisotopic (exact) mass is 300 g/mol. The Morgan fingerprint density at radius 2 is 1.63 bits per heavy atom. The number of hydrogen-bond acceptors (Lipinski definition) is 2. The fourth-order valence-corrected chi connectivity index (χ4v) is 1.58. The van der Waals surface area contributed by atoms with Crippen molar-refractivity contribution in [3.8, 4) is 0 Å². The normalized spacial score (nSPS) is 13.0. The Bertz CT molecular complexity index is 640. The SMILES string of the molecule is Fc1cccc2c(Cl)nc(C(F)(F)C(F)(F)F)nc12. The summed E-state index contributed by atoms with van der Waals surface area (Å²) in [5.74, 6) is -8.27. The molecule has 2 nitrogen and oxygen atoms in total. The van der Waals surface area contributed by atoms with E-state index in [1.807, 2.05) is 0 Å². The van der Waals surface area contributed by atoms with Gasteiger partial charge in [0.1, 0.15) is 16.5 Å². The van der Waals surface area contributed by atoms with Gasteiger partial charge in [0.25, 0.3) is 0 Å². The van der Waals surface area contributed by atoms with Crippen LogP contribution in [0.5, 0.6) is 0 Å². The van der Waals surface area contributed by atoms with Crippen LogP contribution in [0.25, 0.3) is 10.9 Å². The Balaban J connectivity index is 2.74. The molecule has 19 heavy (non-hydrogen) atoms. The molecule has 0 unspecified atom stereocenters. The standard InChI is InChI=1S/C10H3ClF6N2/c11-7-4-2-1-3-5(12)6(4)18-8(19-7)9(13,14)10(15,16)17/h1-3H. The van der Waals surface area contributed by atoms with Crippen molar-refractivity contribution in [2.45, 2.75) is 12.1 Å². The van der Waals surface area contributed by atoms with E-state index in [2.05, 4.69) is 9.97 Å². The molecular formula is C10H3ClF6N2. The zero-order chi connectivity index (χ0) is 14.4. The van der Waals surface area contributed by atoms with Crippen molar-refractivity contribution >= 4 is 22.5 Å². The average molecular weight is 301 g/mol. The summed E-state index contributed by atoms with van der Waals surface area (Å²) >= 11 is 5.47. The predicted octanol–water partition coefficient (Wildman–Crippen LogP) is 4.08. The number of hydrogen-bond donors (Lipinski definition) is 0. The summed E-state index contributed by atoms with van der Waals surface area (Å²) in [5.41, 5.74) is -0.693. The van der Waals surface area contributed by atoms with Crippen molar-refractivity contribution in [3.05, 3.63) is 35.0 Å². The van der Waals surface area contributed by atoms with Gasteiger partial charge in [-0.1, -0.05) is 17.7 Å². The molecule has 9 heteroatoms. The number of para-hydroxylation sites is 1. The van der Waals surface area contributed by atoms with Gasteiger partial charge < -0.3 is 0 Å². The fourth-order valence-electron chi connectivity index (χ4n) is 1.35. The van der Waals surface area contributed by atoms with Crippen LogP contribution in [0.4, 0.5) is 26.3 Å². The molecule has 102 valence electrons. The molecule has 0 bridgehead atoms. The molecule has 2 rings (SSSR count). The fraction of sp³-hybridized carbons (Fsp3) is 0.200. The maximum absolute atomic E-state index is 13.4. The van der Waals surface area contributed by atoms with Gasteiger partial charge in [-0.3, -0.25) is 0 Å². The number of halogens is 7. The summed E-state index contributed by atoms with van der Waals surface area (Å²) in [6.07, 6.45) is -5.89. The Hall–Kier alpha value is -1.57. The summed E-state index contributed by atoms with van der Waals surface area (Å²) in [6, 6.07) is 3.27. The van der Waals surface area contributed by atoms with E-state index in [4.69, 9.17) is 11.6 Å². The molecule has 0 saturated carbocycles. The number of nitrogens with zero attached hydrogens (tertiary/aromatic N) is 2. The van der Waals surface area contributed by atoms with Crippen molar-refractivity contribution in [1.82, 2.24) is 9.97 Å².